The highest BCUT2D eigenvalue weighted by Crippen LogP contribution is 2.27. The number of nitrogens with one attached hydrogen (secondary N) is 2. The van der Waals surface area contributed by atoms with Crippen molar-refractivity contribution >= 4 is 46.1 Å². The number of rotatable bonds is 9. The summed E-state index contributed by atoms with van der Waals surface area (Å²) in [5.74, 6) is -1.49. The van der Waals surface area contributed by atoms with Crippen molar-refractivity contribution in [2.45, 2.75) is 18.5 Å². The van der Waals surface area contributed by atoms with Crippen molar-refractivity contribution in [3.05, 3.63) is 87.5 Å². The maximum absolute atomic E-state index is 14.4. The number of carbonyl (C=O) groups is 3. The Bertz CT molecular complexity index is 1260. The first kappa shape index (κ1) is 25.5. The summed E-state index contributed by atoms with van der Waals surface area (Å²) in [6, 6.07) is 12.9. The summed E-state index contributed by atoms with van der Waals surface area (Å²) in [5, 5.41) is 14.0. The molecule has 2 heterocycles. The molecule has 1 aromatic heterocycles. The SMILES string of the molecule is O=C(Nc1ccc(I)cc1F)C(Cc1ccccn1)N1C(=O)NC(c2ccc(OCCO)cc2)C1=O. The minimum atomic E-state index is -1.27. The van der Waals surface area contributed by atoms with Gasteiger partial charge >= 0.3 is 6.03 Å². The van der Waals surface area contributed by atoms with Gasteiger partial charge in [-0.05, 0) is 70.6 Å². The molecular weight excluding hydrogens is 582 g/mol. The fourth-order valence-corrected chi connectivity index (χ4v) is 4.21. The lowest BCUT2D eigenvalue weighted by atomic mass is 10.0. The molecule has 1 aliphatic rings. The Morgan fingerprint density at radius 2 is 1.97 bits per heavy atom. The number of aliphatic hydroxyl groups excluding tert-OH is 1. The first-order valence-corrected chi connectivity index (χ1v) is 12.1. The van der Waals surface area contributed by atoms with Gasteiger partial charge < -0.3 is 20.5 Å². The van der Waals surface area contributed by atoms with Gasteiger partial charge in [0.2, 0.25) is 5.91 Å². The Kier molecular flexibility index (Phi) is 8.10. The molecule has 36 heavy (non-hydrogen) atoms. The first-order chi connectivity index (χ1) is 17.4. The summed E-state index contributed by atoms with van der Waals surface area (Å²) < 4.78 is 20.4. The minimum absolute atomic E-state index is 0.0571. The highest BCUT2D eigenvalue weighted by molar-refractivity contribution is 14.1. The van der Waals surface area contributed by atoms with Crippen molar-refractivity contribution in [2.24, 2.45) is 0 Å². The number of benzene rings is 2. The van der Waals surface area contributed by atoms with E-state index in [1.165, 1.54) is 18.3 Å². The van der Waals surface area contributed by atoms with E-state index in [0.717, 1.165) is 4.90 Å². The molecule has 2 aromatic carbocycles. The van der Waals surface area contributed by atoms with E-state index in [-0.39, 0.29) is 25.3 Å². The molecule has 2 atom stereocenters. The summed E-state index contributed by atoms with van der Waals surface area (Å²) >= 11 is 1.95. The van der Waals surface area contributed by atoms with Gasteiger partial charge in [-0.1, -0.05) is 18.2 Å². The maximum Gasteiger partial charge on any atom is 0.325 e. The van der Waals surface area contributed by atoms with Crippen molar-refractivity contribution in [1.29, 1.82) is 0 Å². The number of aliphatic hydroxyl groups is 1. The number of anilines is 1. The van der Waals surface area contributed by atoms with Gasteiger partial charge in [0.1, 0.15) is 30.3 Å². The van der Waals surface area contributed by atoms with E-state index < -0.39 is 35.7 Å². The molecule has 0 bridgehead atoms. The smallest absolute Gasteiger partial charge is 0.325 e. The second kappa shape index (κ2) is 11.4. The standard InChI is InChI=1S/C25H22FIN4O5/c26-19-13-16(27)6-9-20(19)29-23(33)21(14-17-3-1-2-10-28-17)31-24(34)22(30-25(31)35)15-4-7-18(8-5-15)36-12-11-32/h1-10,13,21-22,32H,11-12,14H2,(H,29,33)(H,30,35). The van der Waals surface area contributed by atoms with E-state index in [1.54, 1.807) is 48.5 Å². The third-order valence-corrected chi connectivity index (χ3v) is 6.15. The second-order valence-corrected chi connectivity index (χ2v) is 9.13. The number of carbonyl (C=O) groups excluding carboxylic acids is 3. The Morgan fingerprint density at radius 1 is 1.19 bits per heavy atom. The predicted molar refractivity (Wildman–Crippen MR) is 137 cm³/mol. The van der Waals surface area contributed by atoms with E-state index in [4.69, 9.17) is 9.84 Å². The van der Waals surface area contributed by atoms with E-state index in [2.05, 4.69) is 15.6 Å². The molecule has 0 spiro atoms. The molecule has 0 aliphatic carbocycles. The Balaban J connectivity index is 1.60. The molecule has 4 rings (SSSR count). The number of urea groups is 1. The van der Waals surface area contributed by atoms with Gasteiger partial charge in [-0.2, -0.15) is 0 Å². The predicted octanol–water partition coefficient (Wildman–Crippen LogP) is 3.04. The van der Waals surface area contributed by atoms with Crippen LogP contribution >= 0.6 is 22.6 Å². The minimum Gasteiger partial charge on any atom is -0.491 e. The van der Waals surface area contributed by atoms with Crippen LogP contribution in [-0.2, 0) is 16.0 Å². The van der Waals surface area contributed by atoms with Crippen LogP contribution in [0.1, 0.15) is 17.3 Å². The van der Waals surface area contributed by atoms with E-state index in [1.807, 2.05) is 22.6 Å². The fourth-order valence-electron chi connectivity index (χ4n) is 3.76. The van der Waals surface area contributed by atoms with Gasteiger partial charge in [0.05, 0.1) is 12.3 Å². The van der Waals surface area contributed by atoms with Gasteiger partial charge in [-0.15, -0.1) is 0 Å². The highest BCUT2D eigenvalue weighted by atomic mass is 127. The lowest BCUT2D eigenvalue weighted by Crippen LogP contribution is -2.49. The quantitative estimate of drug-likeness (QED) is 0.255. The molecule has 2 unspecified atom stereocenters. The van der Waals surface area contributed by atoms with Gasteiger partial charge in [0.25, 0.3) is 5.91 Å². The van der Waals surface area contributed by atoms with Crippen molar-refractivity contribution in [1.82, 2.24) is 15.2 Å². The lowest BCUT2D eigenvalue weighted by Gasteiger charge is -2.24. The van der Waals surface area contributed by atoms with Gasteiger partial charge in [-0.3, -0.25) is 14.6 Å². The van der Waals surface area contributed by atoms with Crippen molar-refractivity contribution < 1.29 is 28.6 Å². The molecule has 1 fully saturated rings. The largest absolute Gasteiger partial charge is 0.491 e. The van der Waals surface area contributed by atoms with Gasteiger partial charge in [0, 0.05) is 21.9 Å². The van der Waals surface area contributed by atoms with E-state index >= 15 is 0 Å². The summed E-state index contributed by atoms with van der Waals surface area (Å²) in [4.78, 5) is 44.7. The molecule has 3 aromatic rings. The summed E-state index contributed by atoms with van der Waals surface area (Å²) in [6.07, 6.45) is 1.48. The lowest BCUT2D eigenvalue weighted by molar-refractivity contribution is -0.134. The molecule has 186 valence electrons. The molecule has 1 aliphatic heterocycles. The summed E-state index contributed by atoms with van der Waals surface area (Å²) in [7, 11) is 0. The molecule has 4 amide bonds. The third kappa shape index (κ3) is 5.79. The van der Waals surface area contributed by atoms with E-state index in [0.29, 0.717) is 20.6 Å². The average Bonchev–Trinajstić information content (AvgIpc) is 3.17. The fraction of sp³-hybridized carbons (Fsp3) is 0.200. The van der Waals surface area contributed by atoms with E-state index in [9.17, 15) is 18.8 Å². The molecule has 9 nitrogen and oxygen atoms in total. The van der Waals surface area contributed by atoms with Gasteiger partial charge in [0.15, 0.2) is 0 Å². The number of pyridine rings is 1. The number of amides is 4. The number of halogens is 2. The van der Waals surface area contributed by atoms with Crippen molar-refractivity contribution in [3.8, 4) is 5.75 Å². The monoisotopic (exact) mass is 604 g/mol. The number of hydrogen-bond donors (Lipinski definition) is 3. The number of ether oxygens (including phenoxy) is 1. The molecule has 0 radical (unpaired) electrons. The Labute approximate surface area is 219 Å². The van der Waals surface area contributed by atoms with Crippen LogP contribution in [0.15, 0.2) is 66.9 Å². The van der Waals surface area contributed by atoms with Gasteiger partial charge in [-0.25, -0.2) is 14.1 Å². The molecule has 1 saturated heterocycles. The number of imide groups is 1. The topological polar surface area (TPSA) is 121 Å². The number of aromatic nitrogens is 1. The van der Waals surface area contributed by atoms with Crippen LogP contribution in [0.3, 0.4) is 0 Å². The molecule has 0 saturated carbocycles. The Morgan fingerprint density at radius 3 is 2.64 bits per heavy atom. The second-order valence-electron chi connectivity index (χ2n) is 7.89. The van der Waals surface area contributed by atoms with Crippen LogP contribution in [0.2, 0.25) is 0 Å². The van der Waals surface area contributed by atoms with Crippen molar-refractivity contribution in [2.75, 3.05) is 18.5 Å². The molecule has 3 N–H and O–H groups in total. The van der Waals surface area contributed by atoms with Crippen LogP contribution in [0, 0.1) is 9.39 Å². The first-order valence-electron chi connectivity index (χ1n) is 11.0. The Hall–Kier alpha value is -3.58. The van der Waals surface area contributed by atoms with Crippen LogP contribution in [0.25, 0.3) is 0 Å². The number of nitrogens with zero attached hydrogens (tertiary/aromatic N) is 2. The summed E-state index contributed by atoms with van der Waals surface area (Å²) in [6.45, 7) is -0.0165. The zero-order valence-corrected chi connectivity index (χ0v) is 21.0. The highest BCUT2D eigenvalue weighted by Gasteiger charge is 2.45. The maximum atomic E-state index is 14.4. The number of hydrogen-bond acceptors (Lipinski definition) is 6. The zero-order valence-electron chi connectivity index (χ0n) is 18.9. The average molecular weight is 604 g/mol. The van der Waals surface area contributed by atoms with Crippen LogP contribution < -0.4 is 15.4 Å². The van der Waals surface area contributed by atoms with Crippen LogP contribution in [0.5, 0.6) is 5.75 Å². The molecular formula is C25H22FIN4O5. The zero-order chi connectivity index (χ0) is 25.7. The summed E-state index contributed by atoms with van der Waals surface area (Å²) in [5.41, 5.74) is 0.913. The normalized spacial score (nSPS) is 16.0. The van der Waals surface area contributed by atoms with Crippen molar-refractivity contribution in [3.63, 3.8) is 0 Å². The van der Waals surface area contributed by atoms with Crippen LogP contribution in [0.4, 0.5) is 14.9 Å². The third-order valence-electron chi connectivity index (χ3n) is 5.48. The molecule has 11 heteroatoms. The van der Waals surface area contributed by atoms with Crippen LogP contribution in [-0.4, -0.2) is 52.1 Å².